The van der Waals surface area contributed by atoms with Crippen molar-refractivity contribution in [3.63, 3.8) is 0 Å². The minimum absolute atomic E-state index is 0.0779. The van der Waals surface area contributed by atoms with Gasteiger partial charge in [0.2, 0.25) is 10.0 Å². The number of rotatable bonds is 8. The van der Waals surface area contributed by atoms with Crippen molar-refractivity contribution in [1.82, 2.24) is 9.21 Å². The van der Waals surface area contributed by atoms with Gasteiger partial charge in [-0.15, -0.1) is 0 Å². The molecule has 1 amide bonds. The lowest BCUT2D eigenvalue weighted by atomic mass is 9.98. The third kappa shape index (κ3) is 4.40. The van der Waals surface area contributed by atoms with Crippen LogP contribution in [0.25, 0.3) is 0 Å². The van der Waals surface area contributed by atoms with E-state index in [9.17, 15) is 13.2 Å². The summed E-state index contributed by atoms with van der Waals surface area (Å²) in [7, 11) is 0.928. The molecule has 0 bridgehead atoms. The first-order valence-electron chi connectivity index (χ1n) is 10.5. The van der Waals surface area contributed by atoms with Crippen LogP contribution in [0.15, 0.2) is 35.2 Å². The summed E-state index contributed by atoms with van der Waals surface area (Å²) in [5.74, 6) is 1.32. The summed E-state index contributed by atoms with van der Waals surface area (Å²) < 4.78 is 43.5. The van der Waals surface area contributed by atoms with Crippen molar-refractivity contribution >= 4 is 15.9 Å². The lowest BCUT2D eigenvalue weighted by molar-refractivity contribution is 0.0730. The van der Waals surface area contributed by atoms with Gasteiger partial charge in [0.05, 0.1) is 31.8 Å². The number of ether oxygens (including phenoxy) is 3. The highest BCUT2D eigenvalue weighted by molar-refractivity contribution is 7.89. The number of methoxy groups -OCH3 is 3. The van der Waals surface area contributed by atoms with Crippen molar-refractivity contribution in [2.75, 3.05) is 41.0 Å². The Balaban J connectivity index is 1.96. The fraction of sp³-hybridized carbons (Fsp3) is 0.435. The summed E-state index contributed by atoms with van der Waals surface area (Å²) in [5.41, 5.74) is 2.29. The first-order valence-corrected chi connectivity index (χ1v) is 12.0. The zero-order valence-corrected chi connectivity index (χ0v) is 20.0. The van der Waals surface area contributed by atoms with E-state index < -0.39 is 10.0 Å². The van der Waals surface area contributed by atoms with E-state index in [4.69, 9.17) is 14.2 Å². The number of carbonyl (C=O) groups excluding carboxylic acids is 1. The molecule has 0 radical (unpaired) electrons. The molecule has 32 heavy (non-hydrogen) atoms. The quantitative estimate of drug-likeness (QED) is 0.600. The maximum absolute atomic E-state index is 13.4. The normalized spacial score (nSPS) is 13.6. The van der Waals surface area contributed by atoms with Gasteiger partial charge in [0.25, 0.3) is 5.91 Å². The molecule has 0 saturated heterocycles. The standard InChI is InChI=1S/C23H30N2O6S/c1-6-25(7-2)32(27,28)18-8-9-20(29-3)19(14-18)23(26)24-11-10-16-12-21(30-4)22(31-5)13-17(16)15-24/h8-9,12-14H,6-7,10-11,15H2,1-5H3. The highest BCUT2D eigenvalue weighted by Crippen LogP contribution is 2.34. The first-order chi connectivity index (χ1) is 15.3. The van der Waals surface area contributed by atoms with E-state index in [0.717, 1.165) is 11.1 Å². The molecule has 0 atom stereocenters. The van der Waals surface area contributed by atoms with Crippen molar-refractivity contribution in [3.05, 3.63) is 47.0 Å². The van der Waals surface area contributed by atoms with Crippen molar-refractivity contribution < 1.29 is 27.4 Å². The van der Waals surface area contributed by atoms with E-state index in [2.05, 4.69) is 0 Å². The second-order valence-corrected chi connectivity index (χ2v) is 9.34. The molecule has 0 N–H and O–H groups in total. The molecule has 1 aliphatic rings. The molecule has 0 fully saturated rings. The Kier molecular flexibility index (Phi) is 7.30. The van der Waals surface area contributed by atoms with Gasteiger partial charge < -0.3 is 19.1 Å². The highest BCUT2D eigenvalue weighted by Gasteiger charge is 2.28. The summed E-state index contributed by atoms with van der Waals surface area (Å²) in [5, 5.41) is 0. The molecule has 1 heterocycles. The van der Waals surface area contributed by atoms with Gasteiger partial charge in [0, 0.05) is 26.2 Å². The topological polar surface area (TPSA) is 85.4 Å². The van der Waals surface area contributed by atoms with Crippen LogP contribution in [-0.2, 0) is 23.0 Å². The molecule has 8 nitrogen and oxygen atoms in total. The van der Waals surface area contributed by atoms with Crippen LogP contribution in [0.5, 0.6) is 17.2 Å². The second-order valence-electron chi connectivity index (χ2n) is 7.40. The zero-order chi connectivity index (χ0) is 23.5. The SMILES string of the molecule is CCN(CC)S(=O)(=O)c1ccc(OC)c(C(=O)N2CCc3cc(OC)c(OC)cc3C2)c1. The maximum Gasteiger partial charge on any atom is 0.257 e. The highest BCUT2D eigenvalue weighted by atomic mass is 32.2. The van der Waals surface area contributed by atoms with Crippen molar-refractivity contribution in [2.24, 2.45) is 0 Å². The molecule has 174 valence electrons. The fourth-order valence-corrected chi connectivity index (χ4v) is 5.44. The first kappa shape index (κ1) is 23.9. The Bertz CT molecular complexity index is 1100. The average Bonchev–Trinajstić information content (AvgIpc) is 2.82. The van der Waals surface area contributed by atoms with Crippen molar-refractivity contribution in [2.45, 2.75) is 31.7 Å². The lowest BCUT2D eigenvalue weighted by Gasteiger charge is -2.30. The summed E-state index contributed by atoms with van der Waals surface area (Å²) in [6.07, 6.45) is 0.654. The number of sulfonamides is 1. The minimum Gasteiger partial charge on any atom is -0.496 e. The van der Waals surface area contributed by atoms with E-state index in [1.165, 1.54) is 29.6 Å². The van der Waals surface area contributed by atoms with Gasteiger partial charge in [-0.25, -0.2) is 8.42 Å². The maximum atomic E-state index is 13.4. The van der Waals surface area contributed by atoms with Gasteiger partial charge in [0.15, 0.2) is 11.5 Å². The second kappa shape index (κ2) is 9.79. The van der Waals surface area contributed by atoms with E-state index in [1.54, 1.807) is 33.0 Å². The van der Waals surface area contributed by atoms with Gasteiger partial charge in [0.1, 0.15) is 5.75 Å². The fourth-order valence-electron chi connectivity index (χ4n) is 3.95. The van der Waals surface area contributed by atoms with Crippen LogP contribution in [0.2, 0.25) is 0 Å². The van der Waals surface area contributed by atoms with Crippen molar-refractivity contribution in [3.8, 4) is 17.2 Å². The molecule has 9 heteroatoms. The predicted molar refractivity (Wildman–Crippen MR) is 121 cm³/mol. The van der Waals surface area contributed by atoms with Gasteiger partial charge in [-0.2, -0.15) is 4.31 Å². The molecular weight excluding hydrogens is 432 g/mol. The van der Waals surface area contributed by atoms with Crippen LogP contribution < -0.4 is 14.2 Å². The molecular formula is C23H30N2O6S. The van der Waals surface area contributed by atoms with E-state index in [0.29, 0.717) is 49.8 Å². The van der Waals surface area contributed by atoms with E-state index in [-0.39, 0.29) is 16.4 Å². The van der Waals surface area contributed by atoms with Gasteiger partial charge in [-0.05, 0) is 47.9 Å². The molecule has 2 aromatic rings. The van der Waals surface area contributed by atoms with Crippen LogP contribution in [0.4, 0.5) is 0 Å². The van der Waals surface area contributed by atoms with Crippen LogP contribution in [0.3, 0.4) is 0 Å². The molecule has 0 spiro atoms. The monoisotopic (exact) mass is 462 g/mol. The third-order valence-electron chi connectivity index (χ3n) is 5.75. The Labute approximate surface area is 189 Å². The lowest BCUT2D eigenvalue weighted by Crippen LogP contribution is -2.36. The number of amides is 1. The number of nitrogens with zero attached hydrogens (tertiary/aromatic N) is 2. The van der Waals surface area contributed by atoms with Gasteiger partial charge in [-0.3, -0.25) is 4.79 Å². The van der Waals surface area contributed by atoms with E-state index in [1.807, 2.05) is 12.1 Å². The molecule has 1 aliphatic heterocycles. The van der Waals surface area contributed by atoms with Crippen LogP contribution >= 0.6 is 0 Å². The van der Waals surface area contributed by atoms with Crippen LogP contribution in [-0.4, -0.2) is 64.5 Å². The molecule has 3 rings (SSSR count). The smallest absolute Gasteiger partial charge is 0.257 e. The van der Waals surface area contributed by atoms with Crippen LogP contribution in [0, 0.1) is 0 Å². The number of hydrogen-bond donors (Lipinski definition) is 0. The van der Waals surface area contributed by atoms with Gasteiger partial charge in [-0.1, -0.05) is 13.8 Å². The number of hydrogen-bond acceptors (Lipinski definition) is 6. The third-order valence-corrected chi connectivity index (χ3v) is 7.80. The Morgan fingerprint density at radius 1 is 0.938 bits per heavy atom. The summed E-state index contributed by atoms with van der Waals surface area (Å²) in [6, 6.07) is 8.25. The number of carbonyl (C=O) groups is 1. The predicted octanol–water partition coefficient (Wildman–Crippen LogP) is 2.94. The largest absolute Gasteiger partial charge is 0.496 e. The van der Waals surface area contributed by atoms with Crippen LogP contribution in [0.1, 0.15) is 35.3 Å². The molecule has 0 aliphatic carbocycles. The molecule has 0 aromatic heterocycles. The molecule has 0 saturated carbocycles. The molecule has 2 aromatic carbocycles. The summed E-state index contributed by atoms with van der Waals surface area (Å²) in [6.45, 7) is 5.14. The Morgan fingerprint density at radius 3 is 2.09 bits per heavy atom. The van der Waals surface area contributed by atoms with Gasteiger partial charge >= 0.3 is 0 Å². The summed E-state index contributed by atoms with van der Waals surface area (Å²) >= 11 is 0. The minimum atomic E-state index is -3.70. The average molecular weight is 463 g/mol. The van der Waals surface area contributed by atoms with Crippen molar-refractivity contribution in [1.29, 1.82) is 0 Å². The number of benzene rings is 2. The summed E-state index contributed by atoms with van der Waals surface area (Å²) in [4.78, 5) is 15.2. The van der Waals surface area contributed by atoms with E-state index >= 15 is 0 Å². The Hall–Kier alpha value is -2.78. The molecule has 0 unspecified atom stereocenters. The Morgan fingerprint density at radius 2 is 1.53 bits per heavy atom. The zero-order valence-electron chi connectivity index (χ0n) is 19.2. The number of fused-ring (bicyclic) bond motifs is 1.